The molecule has 0 spiro atoms. The number of aliphatic hydroxyl groups is 2. The molecule has 0 saturated carbocycles. The van der Waals surface area contributed by atoms with Crippen molar-refractivity contribution in [2.24, 2.45) is 0 Å². The summed E-state index contributed by atoms with van der Waals surface area (Å²) in [4.78, 5) is 2.05. The standard InChI is InChI=1S/C15H22FNO2/c1-11(19)15-13(16)7-5-8-14(15)17-9-4-2-3-6-12(17)10-18/h5,7-8,11-12,18-19H,2-4,6,9-10H2,1H3/t11-,12?/m1/s1. The number of hydrogen-bond donors (Lipinski definition) is 2. The first-order chi connectivity index (χ1) is 9.15. The highest BCUT2D eigenvalue weighted by molar-refractivity contribution is 5.56. The Morgan fingerprint density at radius 1 is 1.37 bits per heavy atom. The molecule has 4 heteroatoms. The maximum atomic E-state index is 13.9. The first kappa shape index (κ1) is 14.3. The van der Waals surface area contributed by atoms with Gasteiger partial charge in [-0.2, -0.15) is 0 Å². The lowest BCUT2D eigenvalue weighted by Crippen LogP contribution is -2.38. The molecular formula is C15H22FNO2. The highest BCUT2D eigenvalue weighted by atomic mass is 19.1. The monoisotopic (exact) mass is 267 g/mol. The lowest BCUT2D eigenvalue weighted by molar-refractivity contribution is 0.193. The third-order valence-corrected chi connectivity index (χ3v) is 3.84. The van der Waals surface area contributed by atoms with Gasteiger partial charge in [-0.3, -0.25) is 0 Å². The topological polar surface area (TPSA) is 43.7 Å². The Bertz CT molecular complexity index is 423. The molecule has 1 heterocycles. The minimum atomic E-state index is -0.848. The molecule has 0 aromatic heterocycles. The molecule has 1 aliphatic heterocycles. The number of aliphatic hydroxyl groups excluding tert-OH is 2. The van der Waals surface area contributed by atoms with Crippen LogP contribution >= 0.6 is 0 Å². The lowest BCUT2D eigenvalue weighted by Gasteiger charge is -2.33. The van der Waals surface area contributed by atoms with Crippen LogP contribution in [0.25, 0.3) is 0 Å². The van der Waals surface area contributed by atoms with E-state index in [4.69, 9.17) is 0 Å². The van der Waals surface area contributed by atoms with Gasteiger partial charge in [0.2, 0.25) is 0 Å². The molecule has 1 fully saturated rings. The number of nitrogens with zero attached hydrogens (tertiary/aromatic N) is 1. The predicted octanol–water partition coefficient (Wildman–Crippen LogP) is 2.62. The van der Waals surface area contributed by atoms with E-state index in [-0.39, 0.29) is 18.5 Å². The third kappa shape index (κ3) is 3.07. The van der Waals surface area contributed by atoms with Crippen LogP contribution in [0.5, 0.6) is 0 Å². The van der Waals surface area contributed by atoms with Crippen molar-refractivity contribution in [1.82, 2.24) is 0 Å². The van der Waals surface area contributed by atoms with Gasteiger partial charge in [0, 0.05) is 17.8 Å². The maximum Gasteiger partial charge on any atom is 0.131 e. The molecule has 2 atom stereocenters. The zero-order chi connectivity index (χ0) is 13.8. The van der Waals surface area contributed by atoms with Gasteiger partial charge in [0.25, 0.3) is 0 Å². The summed E-state index contributed by atoms with van der Waals surface area (Å²) in [7, 11) is 0. The summed E-state index contributed by atoms with van der Waals surface area (Å²) >= 11 is 0. The van der Waals surface area contributed by atoms with Crippen molar-refractivity contribution < 1.29 is 14.6 Å². The first-order valence-electron chi connectivity index (χ1n) is 6.99. The van der Waals surface area contributed by atoms with Gasteiger partial charge in [-0.1, -0.05) is 18.9 Å². The molecule has 0 amide bonds. The molecule has 1 aromatic rings. The summed E-state index contributed by atoms with van der Waals surface area (Å²) in [6, 6.07) is 4.88. The van der Waals surface area contributed by atoms with Crippen molar-refractivity contribution in [3.63, 3.8) is 0 Å². The molecule has 0 radical (unpaired) electrons. The number of benzene rings is 1. The second kappa shape index (κ2) is 6.35. The summed E-state index contributed by atoms with van der Waals surface area (Å²) in [5.74, 6) is -0.381. The second-order valence-electron chi connectivity index (χ2n) is 5.23. The van der Waals surface area contributed by atoms with E-state index in [2.05, 4.69) is 4.90 Å². The number of halogens is 1. The number of rotatable bonds is 3. The van der Waals surface area contributed by atoms with Gasteiger partial charge in [0.15, 0.2) is 0 Å². The minimum Gasteiger partial charge on any atom is -0.394 e. The van der Waals surface area contributed by atoms with Crippen molar-refractivity contribution >= 4 is 5.69 Å². The van der Waals surface area contributed by atoms with Gasteiger partial charge in [-0.15, -0.1) is 0 Å². The average molecular weight is 267 g/mol. The van der Waals surface area contributed by atoms with Gasteiger partial charge >= 0.3 is 0 Å². The van der Waals surface area contributed by atoms with Crippen molar-refractivity contribution in [2.75, 3.05) is 18.1 Å². The average Bonchev–Trinajstić information content (AvgIpc) is 2.62. The zero-order valence-corrected chi connectivity index (χ0v) is 11.3. The molecule has 0 bridgehead atoms. The Labute approximate surface area is 113 Å². The van der Waals surface area contributed by atoms with E-state index in [1.54, 1.807) is 13.0 Å². The smallest absolute Gasteiger partial charge is 0.131 e. The Morgan fingerprint density at radius 3 is 2.84 bits per heavy atom. The van der Waals surface area contributed by atoms with Crippen LogP contribution in [-0.2, 0) is 0 Å². The highest BCUT2D eigenvalue weighted by Gasteiger charge is 2.25. The normalized spacial score (nSPS) is 22.1. The van der Waals surface area contributed by atoms with E-state index < -0.39 is 6.10 Å². The Balaban J connectivity index is 2.40. The Morgan fingerprint density at radius 2 is 2.16 bits per heavy atom. The Hall–Kier alpha value is -1.13. The van der Waals surface area contributed by atoms with Crippen molar-refractivity contribution in [3.8, 4) is 0 Å². The van der Waals surface area contributed by atoms with Crippen LogP contribution in [-0.4, -0.2) is 29.4 Å². The molecule has 2 rings (SSSR count). The van der Waals surface area contributed by atoms with Crippen molar-refractivity contribution in [1.29, 1.82) is 0 Å². The van der Waals surface area contributed by atoms with E-state index in [0.717, 1.165) is 37.9 Å². The van der Waals surface area contributed by atoms with Gasteiger partial charge < -0.3 is 15.1 Å². The Kier molecular flexibility index (Phi) is 4.77. The predicted molar refractivity (Wildman–Crippen MR) is 73.7 cm³/mol. The highest BCUT2D eigenvalue weighted by Crippen LogP contribution is 2.32. The van der Waals surface area contributed by atoms with E-state index in [1.165, 1.54) is 6.07 Å². The number of anilines is 1. The summed E-state index contributed by atoms with van der Waals surface area (Å²) in [5.41, 5.74) is 1.05. The van der Waals surface area contributed by atoms with Gasteiger partial charge in [-0.05, 0) is 31.9 Å². The molecular weight excluding hydrogens is 245 g/mol. The molecule has 1 aromatic carbocycles. The molecule has 3 nitrogen and oxygen atoms in total. The van der Waals surface area contributed by atoms with Crippen molar-refractivity contribution in [2.45, 2.75) is 44.8 Å². The van der Waals surface area contributed by atoms with Gasteiger partial charge in [-0.25, -0.2) is 4.39 Å². The van der Waals surface area contributed by atoms with Crippen LogP contribution in [0.2, 0.25) is 0 Å². The van der Waals surface area contributed by atoms with Crippen LogP contribution in [0.4, 0.5) is 10.1 Å². The summed E-state index contributed by atoms with van der Waals surface area (Å²) in [6.07, 6.45) is 3.31. The molecule has 2 N–H and O–H groups in total. The fourth-order valence-corrected chi connectivity index (χ4v) is 2.87. The van der Waals surface area contributed by atoms with E-state index in [0.29, 0.717) is 5.56 Å². The van der Waals surface area contributed by atoms with Crippen molar-refractivity contribution in [3.05, 3.63) is 29.6 Å². The molecule has 1 saturated heterocycles. The zero-order valence-electron chi connectivity index (χ0n) is 11.3. The number of hydrogen-bond acceptors (Lipinski definition) is 3. The summed E-state index contributed by atoms with van der Waals surface area (Å²) in [6.45, 7) is 2.44. The van der Waals surface area contributed by atoms with Gasteiger partial charge in [0.05, 0.1) is 18.8 Å². The molecule has 0 aliphatic carbocycles. The van der Waals surface area contributed by atoms with Gasteiger partial charge in [0.1, 0.15) is 5.82 Å². The minimum absolute atomic E-state index is 0.0156. The summed E-state index contributed by atoms with van der Waals surface area (Å²) in [5, 5.41) is 19.4. The maximum absolute atomic E-state index is 13.9. The largest absolute Gasteiger partial charge is 0.394 e. The van der Waals surface area contributed by atoms with Crippen LogP contribution in [0.15, 0.2) is 18.2 Å². The van der Waals surface area contributed by atoms with Crippen LogP contribution in [0.1, 0.15) is 44.3 Å². The van der Waals surface area contributed by atoms with Crippen LogP contribution in [0, 0.1) is 5.82 Å². The lowest BCUT2D eigenvalue weighted by atomic mass is 10.0. The fourth-order valence-electron chi connectivity index (χ4n) is 2.87. The molecule has 1 unspecified atom stereocenters. The second-order valence-corrected chi connectivity index (χ2v) is 5.23. The first-order valence-corrected chi connectivity index (χ1v) is 6.99. The quantitative estimate of drug-likeness (QED) is 0.884. The SMILES string of the molecule is C[C@@H](O)c1c(F)cccc1N1CCCCCC1CO. The molecule has 19 heavy (non-hydrogen) atoms. The fraction of sp³-hybridized carbons (Fsp3) is 0.600. The van der Waals surface area contributed by atoms with E-state index in [1.807, 2.05) is 6.07 Å². The van der Waals surface area contributed by atoms with Crippen LogP contribution < -0.4 is 4.90 Å². The van der Waals surface area contributed by atoms with E-state index in [9.17, 15) is 14.6 Å². The van der Waals surface area contributed by atoms with Crippen LogP contribution in [0.3, 0.4) is 0 Å². The van der Waals surface area contributed by atoms with E-state index >= 15 is 0 Å². The summed E-state index contributed by atoms with van der Waals surface area (Å²) < 4.78 is 13.9. The molecule has 1 aliphatic rings. The molecule has 106 valence electrons. The third-order valence-electron chi connectivity index (χ3n) is 3.84.